The molecule has 34 heavy (non-hydrogen) atoms. The SMILES string of the molecule is COC(=O)C1=c2s/c(=C\c3c(F)cccc3Cl)c(=O)n2C(N)=C(C#N)[C@H]1c1c(F)cccc1Cl. The molecule has 0 unspecified atom stereocenters. The minimum Gasteiger partial charge on any atom is -0.466 e. The molecule has 2 N–H and O–H groups in total. The number of carbonyl (C=O) groups is 1. The number of hydrogen-bond donors (Lipinski definition) is 1. The number of esters is 1. The Labute approximate surface area is 205 Å². The van der Waals surface area contributed by atoms with Gasteiger partial charge >= 0.3 is 5.97 Å². The number of allylic oxidation sites excluding steroid dienone is 1. The Balaban J connectivity index is 2.18. The summed E-state index contributed by atoms with van der Waals surface area (Å²) in [5, 5.41) is 9.88. The molecule has 6 nitrogen and oxygen atoms in total. The topological polar surface area (TPSA) is 98.1 Å². The van der Waals surface area contributed by atoms with Crippen LogP contribution in [0.15, 0.2) is 46.8 Å². The molecule has 0 radical (unpaired) electrons. The Bertz CT molecular complexity index is 1580. The first-order chi connectivity index (χ1) is 16.2. The van der Waals surface area contributed by atoms with E-state index >= 15 is 0 Å². The molecule has 11 heteroatoms. The summed E-state index contributed by atoms with van der Waals surface area (Å²) in [5.74, 6) is -4.02. The van der Waals surface area contributed by atoms with Crippen molar-refractivity contribution < 1.29 is 18.3 Å². The fraction of sp³-hybridized carbons (Fsp3) is 0.0870. The molecular formula is C23H13Cl2F2N3O3S. The van der Waals surface area contributed by atoms with Gasteiger partial charge < -0.3 is 10.5 Å². The summed E-state index contributed by atoms with van der Waals surface area (Å²) in [7, 11) is 1.10. The average Bonchev–Trinajstić information content (AvgIpc) is 3.12. The van der Waals surface area contributed by atoms with Crippen LogP contribution in [0.1, 0.15) is 17.0 Å². The standard InChI is InChI=1S/C23H13Cl2F2N3O3S/c1-33-23(32)19-17(18-13(25)5-3-7-15(18)27)11(9-28)20(29)30-21(31)16(34-22(19)30)8-10-12(24)4-2-6-14(10)26/h2-8,17H,29H2,1H3/b16-8-/t17-/m0/s1. The van der Waals surface area contributed by atoms with Gasteiger partial charge in [0.15, 0.2) is 0 Å². The number of halogens is 4. The van der Waals surface area contributed by atoms with E-state index in [4.69, 9.17) is 33.7 Å². The highest BCUT2D eigenvalue weighted by Crippen LogP contribution is 2.40. The number of nitrogens with two attached hydrogens (primary N) is 1. The van der Waals surface area contributed by atoms with Gasteiger partial charge in [0, 0.05) is 16.1 Å². The molecule has 0 amide bonds. The summed E-state index contributed by atoms with van der Waals surface area (Å²) in [4.78, 5) is 26.1. The Morgan fingerprint density at radius 1 is 1.21 bits per heavy atom. The number of thiazole rings is 1. The highest BCUT2D eigenvalue weighted by atomic mass is 35.5. The van der Waals surface area contributed by atoms with Gasteiger partial charge in [0.05, 0.1) is 39.8 Å². The second kappa shape index (κ2) is 9.06. The number of ether oxygens (including phenoxy) is 1. The molecule has 0 spiro atoms. The summed E-state index contributed by atoms with van der Waals surface area (Å²) >= 11 is 13.1. The van der Waals surface area contributed by atoms with Crippen LogP contribution in [0.5, 0.6) is 0 Å². The minimum absolute atomic E-state index is 0.00335. The number of rotatable bonds is 3. The van der Waals surface area contributed by atoms with Crippen molar-refractivity contribution in [3.8, 4) is 6.07 Å². The summed E-state index contributed by atoms with van der Waals surface area (Å²) < 4.78 is 35.1. The van der Waals surface area contributed by atoms with Crippen LogP contribution in [0.2, 0.25) is 10.0 Å². The third kappa shape index (κ3) is 3.70. The lowest BCUT2D eigenvalue weighted by Gasteiger charge is -2.25. The summed E-state index contributed by atoms with van der Waals surface area (Å²) in [6, 6.07) is 9.79. The number of aromatic nitrogens is 1. The van der Waals surface area contributed by atoms with Gasteiger partial charge in [-0.25, -0.2) is 13.6 Å². The first-order valence-electron chi connectivity index (χ1n) is 9.55. The van der Waals surface area contributed by atoms with Crippen molar-refractivity contribution in [2.75, 3.05) is 7.11 Å². The molecule has 0 fully saturated rings. The number of methoxy groups -OCH3 is 1. The zero-order chi connectivity index (χ0) is 24.7. The van der Waals surface area contributed by atoms with Crippen LogP contribution in [0, 0.1) is 23.0 Å². The van der Waals surface area contributed by atoms with Crippen molar-refractivity contribution in [2.45, 2.75) is 5.92 Å². The van der Waals surface area contributed by atoms with Crippen molar-refractivity contribution in [3.63, 3.8) is 0 Å². The van der Waals surface area contributed by atoms with Gasteiger partial charge in [-0.1, -0.05) is 35.3 Å². The molecule has 172 valence electrons. The third-order valence-corrected chi connectivity index (χ3v) is 7.00. The maximum atomic E-state index is 14.9. The molecule has 1 aromatic heterocycles. The normalized spacial score (nSPS) is 15.8. The molecule has 3 aromatic rings. The van der Waals surface area contributed by atoms with Gasteiger partial charge in [0.1, 0.15) is 22.1 Å². The van der Waals surface area contributed by atoms with E-state index < -0.39 is 29.1 Å². The lowest BCUT2D eigenvalue weighted by molar-refractivity contribution is -0.134. The molecule has 0 saturated heterocycles. The van der Waals surface area contributed by atoms with E-state index in [0.717, 1.165) is 29.1 Å². The van der Waals surface area contributed by atoms with E-state index in [1.54, 1.807) is 0 Å². The summed E-state index contributed by atoms with van der Waals surface area (Å²) in [6.07, 6.45) is 1.22. The Morgan fingerprint density at radius 3 is 2.44 bits per heavy atom. The van der Waals surface area contributed by atoms with E-state index in [0.29, 0.717) is 0 Å². The van der Waals surface area contributed by atoms with Crippen molar-refractivity contribution in [1.29, 1.82) is 5.26 Å². The molecular weight excluding hydrogens is 507 g/mol. The molecule has 1 aliphatic heterocycles. The predicted molar refractivity (Wildman–Crippen MR) is 125 cm³/mol. The molecule has 1 atom stereocenters. The molecule has 2 heterocycles. The van der Waals surface area contributed by atoms with Gasteiger partial charge in [0.25, 0.3) is 5.56 Å². The quantitative estimate of drug-likeness (QED) is 0.536. The van der Waals surface area contributed by atoms with Gasteiger partial charge in [-0.15, -0.1) is 11.3 Å². The lowest BCUT2D eigenvalue weighted by Crippen LogP contribution is -2.40. The van der Waals surface area contributed by atoms with E-state index in [1.165, 1.54) is 36.4 Å². The average molecular weight is 520 g/mol. The van der Waals surface area contributed by atoms with Crippen LogP contribution in [-0.4, -0.2) is 17.6 Å². The second-order valence-corrected chi connectivity index (χ2v) is 8.92. The monoisotopic (exact) mass is 519 g/mol. The predicted octanol–water partition coefficient (Wildman–Crippen LogP) is 3.10. The number of benzene rings is 2. The van der Waals surface area contributed by atoms with Crippen LogP contribution < -0.4 is 20.5 Å². The van der Waals surface area contributed by atoms with E-state index in [9.17, 15) is 23.6 Å². The highest BCUT2D eigenvalue weighted by Gasteiger charge is 2.38. The number of hydrogen-bond acceptors (Lipinski definition) is 6. The van der Waals surface area contributed by atoms with Crippen LogP contribution >= 0.6 is 34.5 Å². The Kier molecular flexibility index (Phi) is 6.32. The van der Waals surface area contributed by atoms with Crippen molar-refractivity contribution >= 4 is 58.0 Å². The highest BCUT2D eigenvalue weighted by molar-refractivity contribution is 7.07. The molecule has 0 saturated carbocycles. The summed E-state index contributed by atoms with van der Waals surface area (Å²) in [6.45, 7) is 0. The zero-order valence-electron chi connectivity index (χ0n) is 17.2. The Morgan fingerprint density at radius 2 is 1.85 bits per heavy atom. The van der Waals surface area contributed by atoms with Crippen LogP contribution in [-0.2, 0) is 9.53 Å². The zero-order valence-corrected chi connectivity index (χ0v) is 19.6. The summed E-state index contributed by atoms with van der Waals surface area (Å²) in [5.41, 5.74) is 4.78. The van der Waals surface area contributed by atoms with Crippen molar-refractivity contribution in [3.05, 3.63) is 94.3 Å². The lowest BCUT2D eigenvalue weighted by atomic mass is 9.83. The first kappa shape index (κ1) is 23.7. The van der Waals surface area contributed by atoms with E-state index in [1.807, 2.05) is 6.07 Å². The number of fused-ring (bicyclic) bond motifs is 1. The van der Waals surface area contributed by atoms with Gasteiger partial charge in [-0.05, 0) is 30.3 Å². The second-order valence-electron chi connectivity index (χ2n) is 7.08. The fourth-order valence-corrected chi connectivity index (χ4v) is 5.35. The van der Waals surface area contributed by atoms with Gasteiger partial charge in [0.2, 0.25) is 0 Å². The molecule has 1 aliphatic rings. The minimum atomic E-state index is -1.34. The molecule has 0 aliphatic carbocycles. The first-order valence-corrected chi connectivity index (χ1v) is 11.1. The fourth-order valence-electron chi connectivity index (χ4n) is 3.71. The molecule has 2 aromatic carbocycles. The van der Waals surface area contributed by atoms with E-state index in [2.05, 4.69) is 0 Å². The van der Waals surface area contributed by atoms with Gasteiger partial charge in [-0.2, -0.15) is 5.26 Å². The number of nitrogens with zero attached hydrogens (tertiary/aromatic N) is 2. The maximum absolute atomic E-state index is 14.9. The van der Waals surface area contributed by atoms with Crippen molar-refractivity contribution in [1.82, 2.24) is 4.57 Å². The Hall–Kier alpha value is -3.45. The number of carbonyl (C=O) groups excluding carboxylic acids is 1. The number of nitriles is 1. The largest absolute Gasteiger partial charge is 0.466 e. The smallest absolute Gasteiger partial charge is 0.337 e. The maximum Gasteiger partial charge on any atom is 0.337 e. The van der Waals surface area contributed by atoms with Crippen LogP contribution in [0.3, 0.4) is 0 Å². The van der Waals surface area contributed by atoms with Crippen molar-refractivity contribution in [2.24, 2.45) is 5.73 Å². The van der Waals surface area contributed by atoms with Crippen LogP contribution in [0.4, 0.5) is 8.78 Å². The van der Waals surface area contributed by atoms with E-state index in [-0.39, 0.29) is 47.3 Å². The molecule has 0 bridgehead atoms. The molecule has 4 rings (SSSR count). The van der Waals surface area contributed by atoms with Gasteiger partial charge in [-0.3, -0.25) is 9.36 Å². The third-order valence-electron chi connectivity index (χ3n) is 5.24. The van der Waals surface area contributed by atoms with Crippen LogP contribution in [0.25, 0.3) is 17.5 Å².